The molecule has 0 heterocycles. The highest BCUT2D eigenvalue weighted by molar-refractivity contribution is 5.94. The van der Waals surface area contributed by atoms with Gasteiger partial charge < -0.3 is 18.9 Å². The molecule has 0 saturated heterocycles. The maximum absolute atomic E-state index is 12.8. The van der Waals surface area contributed by atoms with Crippen LogP contribution in [0.15, 0.2) is 12.7 Å². The summed E-state index contributed by atoms with van der Waals surface area (Å²) in [5.41, 5.74) is -1.89. The van der Waals surface area contributed by atoms with E-state index in [2.05, 4.69) is 6.58 Å². The average molecular weight is 415 g/mol. The van der Waals surface area contributed by atoms with Gasteiger partial charge >= 0.3 is 24.1 Å². The van der Waals surface area contributed by atoms with Gasteiger partial charge in [0.15, 0.2) is 0 Å². The molecule has 0 aliphatic rings. The van der Waals surface area contributed by atoms with Crippen molar-refractivity contribution >= 4 is 24.1 Å². The highest BCUT2D eigenvalue weighted by Gasteiger charge is 2.43. The van der Waals surface area contributed by atoms with E-state index in [1.165, 1.54) is 13.2 Å². The molecule has 0 saturated carbocycles. The molecule has 0 N–H and O–H groups in total. The van der Waals surface area contributed by atoms with Crippen LogP contribution in [0.5, 0.6) is 0 Å². The maximum atomic E-state index is 12.8. The molecule has 0 bridgehead atoms. The lowest BCUT2D eigenvalue weighted by molar-refractivity contribution is -0.150. The highest BCUT2D eigenvalue weighted by Crippen LogP contribution is 2.23. The smallest absolute Gasteiger partial charge is 0.420 e. The van der Waals surface area contributed by atoms with Crippen LogP contribution < -0.4 is 0 Å². The molecule has 0 radical (unpaired) electrons. The summed E-state index contributed by atoms with van der Waals surface area (Å²) >= 11 is 0. The Kier molecular flexibility index (Phi) is 9.86. The van der Waals surface area contributed by atoms with Crippen LogP contribution in [0.3, 0.4) is 0 Å². The lowest BCUT2D eigenvalue weighted by Gasteiger charge is -2.33. The number of ether oxygens (including phenoxy) is 4. The first-order valence-corrected chi connectivity index (χ1v) is 9.18. The normalized spacial score (nSPS) is 13.5. The van der Waals surface area contributed by atoms with Gasteiger partial charge in [-0.2, -0.15) is 4.90 Å². The van der Waals surface area contributed by atoms with Crippen molar-refractivity contribution in [2.24, 2.45) is 5.92 Å². The number of amides is 2. The minimum Gasteiger partial charge on any atom is -0.469 e. The minimum absolute atomic E-state index is 0.163. The average Bonchev–Trinajstić information content (AvgIpc) is 2.55. The van der Waals surface area contributed by atoms with Crippen LogP contribution >= 0.6 is 0 Å². The number of hydrogen-bond acceptors (Lipinski definition) is 8. The maximum Gasteiger partial charge on any atom is 0.420 e. The van der Waals surface area contributed by atoms with Crippen LogP contribution in [0.25, 0.3) is 0 Å². The van der Waals surface area contributed by atoms with Gasteiger partial charge in [-0.1, -0.05) is 6.08 Å². The molecule has 9 heteroatoms. The molecule has 0 spiro atoms. The lowest BCUT2D eigenvalue weighted by Crippen LogP contribution is -2.53. The van der Waals surface area contributed by atoms with Crippen molar-refractivity contribution in [3.05, 3.63) is 12.7 Å². The van der Waals surface area contributed by atoms with Crippen molar-refractivity contribution in [2.75, 3.05) is 14.2 Å². The summed E-state index contributed by atoms with van der Waals surface area (Å²) in [6.45, 7) is 13.2. The number of rotatable bonds is 7. The topological polar surface area (TPSA) is 108 Å². The first-order chi connectivity index (χ1) is 13.2. The fourth-order valence-corrected chi connectivity index (χ4v) is 2.32. The zero-order valence-electron chi connectivity index (χ0n) is 18.6. The third-order valence-electron chi connectivity index (χ3n) is 3.46. The number of carbonyl (C=O) groups is 4. The van der Waals surface area contributed by atoms with Gasteiger partial charge in [0.2, 0.25) is 0 Å². The Morgan fingerprint density at radius 2 is 1.28 bits per heavy atom. The van der Waals surface area contributed by atoms with Crippen molar-refractivity contribution in [2.45, 2.75) is 71.6 Å². The summed E-state index contributed by atoms with van der Waals surface area (Å²) in [6.07, 6.45) is -0.796. The lowest BCUT2D eigenvalue weighted by atomic mass is 9.95. The third kappa shape index (κ3) is 9.45. The Hall–Kier alpha value is -2.58. The molecule has 0 aliphatic heterocycles. The van der Waals surface area contributed by atoms with E-state index >= 15 is 0 Å². The van der Waals surface area contributed by atoms with Gasteiger partial charge in [-0.05, 0) is 54.4 Å². The van der Waals surface area contributed by atoms with E-state index in [1.54, 1.807) is 41.5 Å². The Labute approximate surface area is 172 Å². The van der Waals surface area contributed by atoms with Gasteiger partial charge in [0, 0.05) is 0 Å². The number of imide groups is 1. The molecule has 29 heavy (non-hydrogen) atoms. The molecule has 2 atom stereocenters. The van der Waals surface area contributed by atoms with E-state index in [-0.39, 0.29) is 12.8 Å². The molecule has 166 valence electrons. The summed E-state index contributed by atoms with van der Waals surface area (Å²) in [4.78, 5) is 50.7. The summed E-state index contributed by atoms with van der Waals surface area (Å²) in [6, 6.07) is -1.46. The van der Waals surface area contributed by atoms with Crippen LogP contribution in [-0.4, -0.2) is 60.5 Å². The third-order valence-corrected chi connectivity index (χ3v) is 3.46. The van der Waals surface area contributed by atoms with Gasteiger partial charge in [-0.3, -0.25) is 4.79 Å². The predicted octanol–water partition coefficient (Wildman–Crippen LogP) is 3.46. The molecule has 9 nitrogen and oxygen atoms in total. The Balaban J connectivity index is 6.15. The second-order valence-corrected chi connectivity index (χ2v) is 8.35. The van der Waals surface area contributed by atoms with Crippen LogP contribution in [0, 0.1) is 5.92 Å². The van der Waals surface area contributed by atoms with E-state index in [1.807, 2.05) is 0 Å². The minimum atomic E-state index is -1.46. The number of methoxy groups -OCH3 is 2. The Morgan fingerprint density at radius 3 is 1.59 bits per heavy atom. The van der Waals surface area contributed by atoms with Crippen molar-refractivity contribution < 1.29 is 38.1 Å². The summed E-state index contributed by atoms with van der Waals surface area (Å²) in [5, 5.41) is 0. The molecular formula is C20H33NO8. The van der Waals surface area contributed by atoms with Gasteiger partial charge in [0.1, 0.15) is 17.2 Å². The number of allylic oxidation sites excluding steroid dienone is 1. The fraction of sp³-hybridized carbons (Fsp3) is 0.700. The summed E-state index contributed by atoms with van der Waals surface area (Å²) in [7, 11) is 2.31. The molecule has 0 rings (SSSR count). The standard InChI is InChI=1S/C20H33NO8/c1-10-11-13(15(22)26-8)12-14(16(23)27-9)21(17(24)28-19(2,3)4)18(25)29-20(5,6)7/h10,13-14H,1,11-12H2,2-9H3/t13-,14-/m0/s1. The highest BCUT2D eigenvalue weighted by atomic mass is 16.6. The zero-order valence-corrected chi connectivity index (χ0v) is 18.6. The van der Waals surface area contributed by atoms with Crippen LogP contribution in [0.4, 0.5) is 9.59 Å². The van der Waals surface area contributed by atoms with Crippen molar-refractivity contribution in [3.8, 4) is 0 Å². The molecule has 0 aliphatic carbocycles. The van der Waals surface area contributed by atoms with Crippen molar-refractivity contribution in [3.63, 3.8) is 0 Å². The Bertz CT molecular complexity index is 587. The molecule has 2 amide bonds. The second-order valence-electron chi connectivity index (χ2n) is 8.35. The molecule has 0 aromatic heterocycles. The summed E-state index contributed by atoms with van der Waals surface area (Å²) in [5.74, 6) is -2.36. The van der Waals surface area contributed by atoms with Crippen molar-refractivity contribution in [1.82, 2.24) is 4.90 Å². The van der Waals surface area contributed by atoms with E-state index in [0.29, 0.717) is 4.90 Å². The van der Waals surface area contributed by atoms with Crippen molar-refractivity contribution in [1.29, 1.82) is 0 Å². The number of nitrogens with zero attached hydrogens (tertiary/aromatic N) is 1. The first-order valence-electron chi connectivity index (χ1n) is 9.18. The SMILES string of the molecule is C=CC[C@@H](C[C@@H](C(=O)OC)N(C(=O)OC(C)(C)C)C(=O)OC(C)(C)C)C(=O)OC. The fourth-order valence-electron chi connectivity index (χ4n) is 2.32. The molecule has 0 fully saturated rings. The van der Waals surface area contributed by atoms with Gasteiger partial charge in [0.05, 0.1) is 20.1 Å². The Morgan fingerprint density at radius 1 is 0.862 bits per heavy atom. The molecular weight excluding hydrogens is 382 g/mol. The van der Waals surface area contributed by atoms with E-state index in [9.17, 15) is 19.2 Å². The zero-order chi connectivity index (χ0) is 23.0. The van der Waals surface area contributed by atoms with Crippen LogP contribution in [0.2, 0.25) is 0 Å². The van der Waals surface area contributed by atoms with Crippen LogP contribution in [0.1, 0.15) is 54.4 Å². The van der Waals surface area contributed by atoms with E-state index < -0.39 is 47.3 Å². The first kappa shape index (κ1) is 26.4. The molecule has 0 aromatic carbocycles. The van der Waals surface area contributed by atoms with Crippen LogP contribution in [-0.2, 0) is 28.5 Å². The quantitative estimate of drug-likeness (QED) is 0.353. The molecule has 0 aromatic rings. The molecule has 0 unspecified atom stereocenters. The van der Waals surface area contributed by atoms with Gasteiger partial charge in [0.25, 0.3) is 0 Å². The second kappa shape index (κ2) is 10.8. The number of esters is 2. The largest absolute Gasteiger partial charge is 0.469 e. The van der Waals surface area contributed by atoms with E-state index in [0.717, 1.165) is 7.11 Å². The predicted molar refractivity (Wildman–Crippen MR) is 105 cm³/mol. The van der Waals surface area contributed by atoms with Gasteiger partial charge in [-0.25, -0.2) is 14.4 Å². The number of carbonyl (C=O) groups excluding carboxylic acids is 4. The summed E-state index contributed by atoms with van der Waals surface area (Å²) < 4.78 is 20.1. The van der Waals surface area contributed by atoms with Gasteiger partial charge in [-0.15, -0.1) is 6.58 Å². The number of hydrogen-bond donors (Lipinski definition) is 0. The van der Waals surface area contributed by atoms with E-state index in [4.69, 9.17) is 18.9 Å². The monoisotopic (exact) mass is 415 g/mol.